The van der Waals surface area contributed by atoms with Gasteiger partial charge in [0.2, 0.25) is 0 Å². The van der Waals surface area contributed by atoms with E-state index >= 15 is 0 Å². The molecule has 2 amide bonds. The van der Waals surface area contributed by atoms with Crippen LogP contribution in [0.15, 0.2) is 36.4 Å². The summed E-state index contributed by atoms with van der Waals surface area (Å²) in [6, 6.07) is 11.0. The van der Waals surface area contributed by atoms with Crippen molar-refractivity contribution in [2.75, 3.05) is 6.54 Å². The maximum absolute atomic E-state index is 12.4. The number of carbonyl (C=O) groups is 1. The van der Waals surface area contributed by atoms with Crippen molar-refractivity contribution in [2.45, 2.75) is 39.3 Å². The van der Waals surface area contributed by atoms with E-state index in [-0.39, 0.29) is 17.8 Å². The molecule has 0 saturated carbocycles. The molecule has 0 aliphatic rings. The van der Waals surface area contributed by atoms with Crippen molar-refractivity contribution >= 4 is 29.0 Å². The lowest BCUT2D eigenvalue weighted by Gasteiger charge is -2.23. The van der Waals surface area contributed by atoms with Gasteiger partial charge >= 0.3 is 6.03 Å². The normalized spacial score (nSPS) is 12.0. The molecule has 1 atom stereocenters. The Bertz CT molecular complexity index is 657. The lowest BCUT2D eigenvalue weighted by atomic mass is 10.1. The molecule has 2 N–H and O–H groups in total. The monoisotopic (exact) mass is 366 g/mol. The average Bonchev–Trinajstić information content (AvgIpc) is 2.97. The highest BCUT2D eigenvalue weighted by atomic mass is 35.5. The van der Waals surface area contributed by atoms with E-state index in [1.165, 1.54) is 11.3 Å². The van der Waals surface area contributed by atoms with Crippen molar-refractivity contribution in [3.8, 4) is 5.75 Å². The smallest absolute Gasteiger partial charge is 0.317 e. The number of nitrogens with one attached hydrogen (secondary N) is 1. The first-order chi connectivity index (χ1) is 11.5. The number of nitrogens with zero attached hydrogens (tertiary/aromatic N) is 1. The summed E-state index contributed by atoms with van der Waals surface area (Å²) in [4.78, 5) is 15.3. The molecule has 0 radical (unpaired) electrons. The van der Waals surface area contributed by atoms with Gasteiger partial charge in [-0.3, -0.25) is 0 Å². The van der Waals surface area contributed by atoms with Gasteiger partial charge in [0.05, 0.1) is 10.9 Å². The van der Waals surface area contributed by atoms with Crippen LogP contribution in [-0.2, 0) is 13.0 Å². The molecule has 1 aromatic carbocycles. The number of phenolic OH excluding ortho intramolecular Hbond substituents is 1. The Morgan fingerprint density at radius 3 is 2.58 bits per heavy atom. The quantitative estimate of drug-likeness (QED) is 0.748. The Morgan fingerprint density at radius 2 is 2.00 bits per heavy atom. The molecule has 6 heteroatoms. The Labute approximate surface area is 152 Å². The van der Waals surface area contributed by atoms with Gasteiger partial charge in [0.15, 0.2) is 0 Å². The van der Waals surface area contributed by atoms with Crippen LogP contribution in [0.4, 0.5) is 4.79 Å². The number of urea groups is 1. The number of benzene rings is 1. The summed E-state index contributed by atoms with van der Waals surface area (Å²) in [6.45, 7) is 5.19. The summed E-state index contributed by atoms with van der Waals surface area (Å²) in [7, 11) is 0. The van der Waals surface area contributed by atoms with Crippen molar-refractivity contribution in [1.82, 2.24) is 10.2 Å². The van der Waals surface area contributed by atoms with Crippen molar-refractivity contribution < 1.29 is 9.90 Å². The fourth-order valence-electron chi connectivity index (χ4n) is 2.37. The second-order valence-corrected chi connectivity index (χ2v) is 7.58. The van der Waals surface area contributed by atoms with Crippen LogP contribution < -0.4 is 5.32 Å². The number of rotatable bonds is 7. The summed E-state index contributed by atoms with van der Waals surface area (Å²) in [6.07, 6.45) is 1.70. The lowest BCUT2D eigenvalue weighted by Crippen LogP contribution is -2.43. The van der Waals surface area contributed by atoms with Gasteiger partial charge in [-0.15, -0.1) is 11.3 Å². The lowest BCUT2D eigenvalue weighted by molar-refractivity contribution is 0.194. The standard InChI is InChI=1S/C18H23ClN2O2S/c1-3-21(12-16-10-11-17(19)24-16)18(23)20-13(2)4-5-14-6-8-15(22)9-7-14/h6-11,13,22H,3-5,12H2,1-2H3,(H,20,23)/t13-/m0/s1. The molecule has 130 valence electrons. The van der Waals surface area contributed by atoms with Crippen LogP contribution in [0.2, 0.25) is 4.34 Å². The van der Waals surface area contributed by atoms with E-state index in [0.29, 0.717) is 13.1 Å². The van der Waals surface area contributed by atoms with Crippen molar-refractivity contribution in [3.63, 3.8) is 0 Å². The van der Waals surface area contributed by atoms with E-state index in [0.717, 1.165) is 27.6 Å². The SMILES string of the molecule is CCN(Cc1ccc(Cl)s1)C(=O)N[C@@H](C)CCc1ccc(O)cc1. The molecular formula is C18H23ClN2O2S. The number of hydrogen-bond acceptors (Lipinski definition) is 3. The van der Waals surface area contributed by atoms with E-state index in [1.807, 2.05) is 38.1 Å². The first kappa shape index (κ1) is 18.6. The largest absolute Gasteiger partial charge is 0.508 e. The molecule has 1 aromatic heterocycles. The molecule has 0 unspecified atom stereocenters. The van der Waals surface area contributed by atoms with Crippen molar-refractivity contribution in [2.24, 2.45) is 0 Å². The maximum Gasteiger partial charge on any atom is 0.317 e. The van der Waals surface area contributed by atoms with Crippen LogP contribution in [-0.4, -0.2) is 28.6 Å². The maximum atomic E-state index is 12.4. The van der Waals surface area contributed by atoms with E-state index in [1.54, 1.807) is 17.0 Å². The van der Waals surface area contributed by atoms with Gasteiger partial charge in [0, 0.05) is 17.5 Å². The van der Waals surface area contributed by atoms with Gasteiger partial charge in [0.1, 0.15) is 5.75 Å². The highest BCUT2D eigenvalue weighted by Gasteiger charge is 2.15. The van der Waals surface area contributed by atoms with Gasteiger partial charge in [0.25, 0.3) is 0 Å². The zero-order valence-electron chi connectivity index (χ0n) is 14.0. The van der Waals surface area contributed by atoms with Crippen molar-refractivity contribution in [3.05, 3.63) is 51.2 Å². The van der Waals surface area contributed by atoms with Crippen LogP contribution in [0.5, 0.6) is 5.75 Å². The molecule has 0 bridgehead atoms. The number of carbonyl (C=O) groups excluding carboxylic acids is 1. The van der Waals surface area contributed by atoms with E-state index in [2.05, 4.69) is 5.32 Å². The molecule has 0 fully saturated rings. The van der Waals surface area contributed by atoms with Gasteiger partial charge in [-0.2, -0.15) is 0 Å². The summed E-state index contributed by atoms with van der Waals surface area (Å²) in [5.74, 6) is 0.271. The minimum Gasteiger partial charge on any atom is -0.508 e. The number of aryl methyl sites for hydroxylation is 1. The minimum atomic E-state index is -0.0553. The van der Waals surface area contributed by atoms with Gasteiger partial charge < -0.3 is 15.3 Å². The van der Waals surface area contributed by atoms with Crippen LogP contribution in [0.3, 0.4) is 0 Å². The summed E-state index contributed by atoms with van der Waals surface area (Å²) < 4.78 is 0.740. The topological polar surface area (TPSA) is 52.6 Å². The molecule has 2 aromatic rings. The molecule has 2 rings (SSSR count). The van der Waals surface area contributed by atoms with Crippen LogP contribution >= 0.6 is 22.9 Å². The van der Waals surface area contributed by atoms with E-state index < -0.39 is 0 Å². The third-order valence-electron chi connectivity index (χ3n) is 3.82. The second-order valence-electron chi connectivity index (χ2n) is 5.78. The number of aromatic hydroxyl groups is 1. The number of halogens is 1. The molecule has 1 heterocycles. The van der Waals surface area contributed by atoms with Crippen molar-refractivity contribution in [1.29, 1.82) is 0 Å². The van der Waals surface area contributed by atoms with E-state index in [9.17, 15) is 9.90 Å². The van der Waals surface area contributed by atoms with Crippen LogP contribution in [0.25, 0.3) is 0 Å². The average molecular weight is 367 g/mol. The zero-order valence-corrected chi connectivity index (χ0v) is 15.5. The molecule has 0 aliphatic heterocycles. The predicted molar refractivity (Wildman–Crippen MR) is 99.8 cm³/mol. The number of amides is 2. The zero-order chi connectivity index (χ0) is 17.5. The molecule has 4 nitrogen and oxygen atoms in total. The second kappa shape index (κ2) is 8.94. The molecule has 24 heavy (non-hydrogen) atoms. The highest BCUT2D eigenvalue weighted by molar-refractivity contribution is 7.16. The van der Waals surface area contributed by atoms with Crippen LogP contribution in [0.1, 0.15) is 30.7 Å². The van der Waals surface area contributed by atoms with E-state index in [4.69, 9.17) is 11.6 Å². The third kappa shape index (κ3) is 5.73. The first-order valence-corrected chi connectivity index (χ1v) is 9.25. The predicted octanol–water partition coefficient (Wildman–Crippen LogP) is 4.66. The Hall–Kier alpha value is -1.72. The molecule has 0 spiro atoms. The van der Waals surface area contributed by atoms with Gasteiger partial charge in [-0.05, 0) is 56.5 Å². The summed E-state index contributed by atoms with van der Waals surface area (Å²) in [5.41, 5.74) is 1.15. The molecule has 0 saturated heterocycles. The third-order valence-corrected chi connectivity index (χ3v) is 5.03. The fraction of sp³-hybridized carbons (Fsp3) is 0.389. The highest BCUT2D eigenvalue weighted by Crippen LogP contribution is 2.22. The Balaban J connectivity index is 1.81. The molecular weight excluding hydrogens is 344 g/mol. The Kier molecular flexibility index (Phi) is 6.94. The number of hydrogen-bond donors (Lipinski definition) is 2. The van der Waals surface area contributed by atoms with Gasteiger partial charge in [-0.1, -0.05) is 23.7 Å². The first-order valence-electron chi connectivity index (χ1n) is 8.05. The number of thiophene rings is 1. The fourth-order valence-corrected chi connectivity index (χ4v) is 3.48. The number of phenols is 1. The summed E-state index contributed by atoms with van der Waals surface area (Å²) in [5, 5.41) is 12.3. The van der Waals surface area contributed by atoms with Crippen LogP contribution in [0, 0.1) is 0 Å². The summed E-state index contributed by atoms with van der Waals surface area (Å²) >= 11 is 7.44. The minimum absolute atomic E-state index is 0.0553. The Morgan fingerprint density at radius 1 is 1.29 bits per heavy atom. The van der Waals surface area contributed by atoms with Gasteiger partial charge in [-0.25, -0.2) is 4.79 Å². The molecule has 0 aliphatic carbocycles.